The number of nitrogens with one attached hydrogen (secondary N) is 1. The molecule has 0 fully saturated rings. The lowest BCUT2D eigenvalue weighted by molar-refractivity contribution is 0.102. The first-order valence-electron chi connectivity index (χ1n) is 5.81. The van der Waals surface area contributed by atoms with Crippen molar-refractivity contribution in [3.63, 3.8) is 0 Å². The Morgan fingerprint density at radius 3 is 2.48 bits per heavy atom. The van der Waals surface area contributed by atoms with Crippen molar-refractivity contribution in [1.82, 2.24) is 0 Å². The SMILES string of the molecule is O=C(Nc1ccc(Cl)c(Cl)c1)c1cccc(B(O)O)c1F. The number of rotatable bonds is 3. The van der Waals surface area contributed by atoms with E-state index in [1.807, 2.05) is 0 Å². The zero-order valence-electron chi connectivity index (χ0n) is 10.5. The van der Waals surface area contributed by atoms with Crippen LogP contribution in [0.4, 0.5) is 10.1 Å². The predicted molar refractivity (Wildman–Crippen MR) is 80.6 cm³/mol. The molecular formula is C13H9BCl2FNO3. The topological polar surface area (TPSA) is 69.6 Å². The zero-order valence-corrected chi connectivity index (χ0v) is 12.0. The van der Waals surface area contributed by atoms with Gasteiger partial charge in [-0.3, -0.25) is 4.79 Å². The van der Waals surface area contributed by atoms with E-state index in [2.05, 4.69) is 5.32 Å². The highest BCUT2D eigenvalue weighted by atomic mass is 35.5. The van der Waals surface area contributed by atoms with Crippen molar-refractivity contribution >= 4 is 47.4 Å². The monoisotopic (exact) mass is 327 g/mol. The van der Waals surface area contributed by atoms with Gasteiger partial charge in [0.25, 0.3) is 5.91 Å². The van der Waals surface area contributed by atoms with Gasteiger partial charge in [-0.25, -0.2) is 4.39 Å². The van der Waals surface area contributed by atoms with Gasteiger partial charge >= 0.3 is 7.12 Å². The van der Waals surface area contributed by atoms with Crippen LogP contribution in [0.2, 0.25) is 10.0 Å². The molecule has 0 aliphatic rings. The van der Waals surface area contributed by atoms with Crippen molar-refractivity contribution in [2.45, 2.75) is 0 Å². The molecule has 0 aliphatic heterocycles. The van der Waals surface area contributed by atoms with E-state index in [0.717, 1.165) is 0 Å². The minimum absolute atomic E-state index is 0.245. The molecule has 2 rings (SSSR count). The summed E-state index contributed by atoms with van der Waals surface area (Å²) in [5.41, 5.74) is -0.354. The summed E-state index contributed by atoms with van der Waals surface area (Å²) in [6, 6.07) is 8.18. The molecule has 0 unspecified atom stereocenters. The highest BCUT2D eigenvalue weighted by Gasteiger charge is 2.21. The molecular weight excluding hydrogens is 319 g/mol. The number of hydrogen-bond acceptors (Lipinski definition) is 3. The van der Waals surface area contributed by atoms with E-state index in [1.54, 1.807) is 0 Å². The molecule has 0 aliphatic carbocycles. The summed E-state index contributed by atoms with van der Waals surface area (Å²) in [7, 11) is -2.00. The Morgan fingerprint density at radius 1 is 1.14 bits per heavy atom. The Labute approximate surface area is 130 Å². The minimum atomic E-state index is -2.00. The Hall–Kier alpha value is -1.60. The van der Waals surface area contributed by atoms with E-state index in [0.29, 0.717) is 10.7 Å². The van der Waals surface area contributed by atoms with E-state index in [-0.39, 0.29) is 16.0 Å². The number of halogens is 3. The molecule has 0 bridgehead atoms. The number of benzene rings is 2. The van der Waals surface area contributed by atoms with Crippen LogP contribution in [-0.4, -0.2) is 23.1 Å². The maximum atomic E-state index is 14.0. The lowest BCUT2D eigenvalue weighted by atomic mass is 9.79. The second-order valence-corrected chi connectivity index (χ2v) is 4.98. The highest BCUT2D eigenvalue weighted by molar-refractivity contribution is 6.58. The summed E-state index contributed by atoms with van der Waals surface area (Å²) in [6.07, 6.45) is 0. The molecule has 0 spiro atoms. The van der Waals surface area contributed by atoms with Crippen LogP contribution in [0.5, 0.6) is 0 Å². The summed E-state index contributed by atoms with van der Waals surface area (Å²) in [6.45, 7) is 0. The van der Waals surface area contributed by atoms with Crippen molar-refractivity contribution in [2.24, 2.45) is 0 Å². The molecule has 0 saturated carbocycles. The van der Waals surface area contributed by atoms with Crippen molar-refractivity contribution in [3.05, 3.63) is 57.8 Å². The molecule has 0 saturated heterocycles. The summed E-state index contributed by atoms with van der Waals surface area (Å²) in [5, 5.41) is 21.1. The van der Waals surface area contributed by atoms with Gasteiger partial charge in [0.05, 0.1) is 15.6 Å². The molecule has 21 heavy (non-hydrogen) atoms. The molecule has 1 amide bonds. The fourth-order valence-corrected chi connectivity index (χ4v) is 2.00. The number of anilines is 1. The van der Waals surface area contributed by atoms with E-state index >= 15 is 0 Å². The normalized spacial score (nSPS) is 10.3. The maximum absolute atomic E-state index is 14.0. The van der Waals surface area contributed by atoms with Crippen LogP contribution in [-0.2, 0) is 0 Å². The molecule has 0 heterocycles. The molecule has 2 aromatic rings. The largest absolute Gasteiger partial charge is 0.491 e. The summed E-state index contributed by atoms with van der Waals surface area (Å²) >= 11 is 11.6. The summed E-state index contributed by atoms with van der Waals surface area (Å²) < 4.78 is 14.0. The third kappa shape index (κ3) is 3.54. The molecule has 3 N–H and O–H groups in total. The molecule has 0 aromatic heterocycles. The Balaban J connectivity index is 2.28. The number of carbonyl (C=O) groups is 1. The first-order valence-corrected chi connectivity index (χ1v) is 6.56. The van der Waals surface area contributed by atoms with Crippen molar-refractivity contribution in [1.29, 1.82) is 0 Å². The predicted octanol–water partition coefficient (Wildman–Crippen LogP) is 2.06. The Kier molecular flexibility index (Phi) is 4.85. The van der Waals surface area contributed by atoms with Gasteiger partial charge in [0.15, 0.2) is 0 Å². The number of amides is 1. The van der Waals surface area contributed by atoms with Gasteiger partial charge in [-0.1, -0.05) is 35.3 Å². The first kappa shape index (κ1) is 15.8. The number of carbonyl (C=O) groups excluding carboxylic acids is 1. The Bertz CT molecular complexity index is 697. The molecule has 4 nitrogen and oxygen atoms in total. The molecule has 0 radical (unpaired) electrons. The van der Waals surface area contributed by atoms with Crippen LogP contribution < -0.4 is 10.8 Å². The van der Waals surface area contributed by atoms with Gasteiger partial charge in [-0.05, 0) is 24.3 Å². The van der Waals surface area contributed by atoms with E-state index < -0.39 is 18.8 Å². The van der Waals surface area contributed by atoms with Gasteiger partial charge in [0.1, 0.15) is 5.82 Å². The van der Waals surface area contributed by atoms with E-state index in [1.165, 1.54) is 36.4 Å². The van der Waals surface area contributed by atoms with Gasteiger partial charge in [-0.15, -0.1) is 0 Å². The maximum Gasteiger partial charge on any atom is 0.491 e. The molecule has 0 atom stereocenters. The first-order chi connectivity index (χ1) is 9.90. The van der Waals surface area contributed by atoms with E-state index in [4.69, 9.17) is 33.2 Å². The van der Waals surface area contributed by atoms with E-state index in [9.17, 15) is 9.18 Å². The fraction of sp³-hybridized carbons (Fsp3) is 0. The Morgan fingerprint density at radius 2 is 1.86 bits per heavy atom. The van der Waals surface area contributed by atoms with Crippen molar-refractivity contribution in [3.8, 4) is 0 Å². The van der Waals surface area contributed by atoms with Crippen molar-refractivity contribution in [2.75, 3.05) is 5.32 Å². The smallest absolute Gasteiger partial charge is 0.423 e. The van der Waals surface area contributed by atoms with Crippen LogP contribution in [0.25, 0.3) is 0 Å². The standard InChI is InChI=1S/C13H9BCl2FNO3/c15-10-5-4-7(6-11(10)16)18-13(19)8-2-1-3-9(12(8)17)14(20)21/h1-6,20-21H,(H,18,19). The van der Waals surface area contributed by atoms with Crippen molar-refractivity contribution < 1.29 is 19.2 Å². The zero-order chi connectivity index (χ0) is 15.6. The van der Waals surface area contributed by atoms with Gasteiger partial charge in [0, 0.05) is 11.2 Å². The third-order valence-electron chi connectivity index (χ3n) is 2.73. The molecule has 108 valence electrons. The van der Waals surface area contributed by atoms with Crippen LogP contribution in [0.1, 0.15) is 10.4 Å². The lowest BCUT2D eigenvalue weighted by Crippen LogP contribution is -2.34. The minimum Gasteiger partial charge on any atom is -0.423 e. The van der Waals surface area contributed by atoms with Gasteiger partial charge < -0.3 is 15.4 Å². The number of hydrogen-bond donors (Lipinski definition) is 3. The quantitative estimate of drug-likeness (QED) is 0.756. The second kappa shape index (κ2) is 6.45. The lowest BCUT2D eigenvalue weighted by Gasteiger charge is -2.09. The summed E-state index contributed by atoms with van der Waals surface area (Å²) in [5.74, 6) is -1.74. The van der Waals surface area contributed by atoms with Crippen LogP contribution in [0, 0.1) is 5.82 Å². The third-order valence-corrected chi connectivity index (χ3v) is 3.47. The average molecular weight is 328 g/mol. The van der Waals surface area contributed by atoms with Gasteiger partial charge in [-0.2, -0.15) is 0 Å². The second-order valence-electron chi connectivity index (χ2n) is 4.17. The van der Waals surface area contributed by atoms with Crippen LogP contribution >= 0.6 is 23.2 Å². The summed E-state index contributed by atoms with van der Waals surface area (Å²) in [4.78, 5) is 12.0. The van der Waals surface area contributed by atoms with Crippen LogP contribution in [0.3, 0.4) is 0 Å². The highest BCUT2D eigenvalue weighted by Crippen LogP contribution is 2.25. The van der Waals surface area contributed by atoms with Crippen LogP contribution in [0.15, 0.2) is 36.4 Å². The molecule has 8 heteroatoms. The average Bonchev–Trinajstić information content (AvgIpc) is 2.42. The fourth-order valence-electron chi connectivity index (χ4n) is 1.70. The molecule has 2 aromatic carbocycles. The van der Waals surface area contributed by atoms with Gasteiger partial charge in [0.2, 0.25) is 0 Å².